The number of rotatable bonds is 4. The zero-order valence-electron chi connectivity index (χ0n) is 9.74. The van der Waals surface area contributed by atoms with E-state index in [0.29, 0.717) is 5.92 Å². The van der Waals surface area contributed by atoms with Crippen LogP contribution in [0.3, 0.4) is 0 Å². The molecule has 0 aromatic carbocycles. The highest BCUT2D eigenvalue weighted by Crippen LogP contribution is 2.23. The van der Waals surface area contributed by atoms with Crippen molar-refractivity contribution < 1.29 is 9.59 Å². The van der Waals surface area contributed by atoms with Gasteiger partial charge in [-0.2, -0.15) is 0 Å². The summed E-state index contributed by atoms with van der Waals surface area (Å²) in [6, 6.07) is -0.607. The number of amides is 2. The fourth-order valence-electron chi connectivity index (χ4n) is 2.18. The number of nitrogens with one attached hydrogen (secondary N) is 1. The van der Waals surface area contributed by atoms with Crippen molar-refractivity contribution in [3.8, 4) is 0 Å². The second-order valence-corrected chi connectivity index (χ2v) is 4.75. The maximum atomic E-state index is 11.6. The standard InChI is InChI=1S/C11H21N3O2/c1-7-3-2-4-8(5-7)14-11(16)9(12)6-10(13)15/h7-9H,2-6,12H2,1H3,(H2,13,15)(H,14,16). The summed E-state index contributed by atoms with van der Waals surface area (Å²) in [6.45, 7) is 2.18. The molecule has 1 rings (SSSR count). The van der Waals surface area contributed by atoms with Crippen LogP contribution in [0, 0.1) is 5.92 Å². The minimum Gasteiger partial charge on any atom is -0.370 e. The first-order chi connectivity index (χ1) is 7.49. The molecule has 0 bridgehead atoms. The van der Waals surface area contributed by atoms with Crippen molar-refractivity contribution >= 4 is 11.8 Å². The highest BCUT2D eigenvalue weighted by atomic mass is 16.2. The average molecular weight is 227 g/mol. The Morgan fingerprint density at radius 3 is 2.69 bits per heavy atom. The van der Waals surface area contributed by atoms with E-state index >= 15 is 0 Å². The Labute approximate surface area is 95.9 Å². The lowest BCUT2D eigenvalue weighted by molar-refractivity contribution is -0.127. The van der Waals surface area contributed by atoms with Gasteiger partial charge in [-0.3, -0.25) is 9.59 Å². The molecule has 16 heavy (non-hydrogen) atoms. The molecule has 3 unspecified atom stereocenters. The molecule has 0 saturated heterocycles. The molecule has 0 aliphatic heterocycles. The number of hydrogen-bond donors (Lipinski definition) is 3. The van der Waals surface area contributed by atoms with Crippen LogP contribution in [0.2, 0.25) is 0 Å². The van der Waals surface area contributed by atoms with Gasteiger partial charge < -0.3 is 16.8 Å². The molecule has 5 heteroatoms. The fourth-order valence-corrected chi connectivity index (χ4v) is 2.18. The zero-order chi connectivity index (χ0) is 12.1. The fraction of sp³-hybridized carbons (Fsp3) is 0.818. The third-order valence-corrected chi connectivity index (χ3v) is 3.04. The van der Waals surface area contributed by atoms with Crippen LogP contribution in [0.5, 0.6) is 0 Å². The van der Waals surface area contributed by atoms with Crippen LogP contribution in [-0.4, -0.2) is 23.9 Å². The molecule has 1 aliphatic carbocycles. The zero-order valence-corrected chi connectivity index (χ0v) is 9.74. The van der Waals surface area contributed by atoms with E-state index in [-0.39, 0.29) is 18.4 Å². The van der Waals surface area contributed by atoms with E-state index in [1.165, 1.54) is 6.42 Å². The molecule has 1 fully saturated rings. The van der Waals surface area contributed by atoms with Gasteiger partial charge in [0.25, 0.3) is 0 Å². The number of hydrogen-bond acceptors (Lipinski definition) is 3. The van der Waals surface area contributed by atoms with E-state index in [9.17, 15) is 9.59 Å². The van der Waals surface area contributed by atoms with Crippen molar-refractivity contribution in [3.05, 3.63) is 0 Å². The van der Waals surface area contributed by atoms with Crippen LogP contribution < -0.4 is 16.8 Å². The van der Waals surface area contributed by atoms with Crippen LogP contribution in [0.15, 0.2) is 0 Å². The van der Waals surface area contributed by atoms with Crippen molar-refractivity contribution in [2.75, 3.05) is 0 Å². The predicted octanol–water partition coefficient (Wildman–Crippen LogP) is -0.116. The van der Waals surface area contributed by atoms with Gasteiger partial charge in [-0.05, 0) is 18.8 Å². The van der Waals surface area contributed by atoms with E-state index < -0.39 is 11.9 Å². The van der Waals surface area contributed by atoms with Gasteiger partial charge in [-0.1, -0.05) is 19.8 Å². The summed E-state index contributed by atoms with van der Waals surface area (Å²) in [5.41, 5.74) is 10.5. The van der Waals surface area contributed by atoms with E-state index in [4.69, 9.17) is 11.5 Å². The molecule has 0 aromatic heterocycles. The molecule has 2 amide bonds. The third-order valence-electron chi connectivity index (χ3n) is 3.04. The molecule has 0 heterocycles. The lowest BCUT2D eigenvalue weighted by Gasteiger charge is -2.28. The Bertz CT molecular complexity index is 268. The van der Waals surface area contributed by atoms with Crippen LogP contribution in [-0.2, 0) is 9.59 Å². The SMILES string of the molecule is CC1CCCC(NC(=O)C(N)CC(N)=O)C1. The predicted molar refractivity (Wildman–Crippen MR) is 61.3 cm³/mol. The maximum Gasteiger partial charge on any atom is 0.237 e. The monoisotopic (exact) mass is 227 g/mol. The molecule has 1 saturated carbocycles. The van der Waals surface area contributed by atoms with Crippen molar-refractivity contribution in [1.29, 1.82) is 0 Å². The highest BCUT2D eigenvalue weighted by Gasteiger charge is 2.23. The molecular formula is C11H21N3O2. The largest absolute Gasteiger partial charge is 0.370 e. The first-order valence-electron chi connectivity index (χ1n) is 5.83. The second-order valence-electron chi connectivity index (χ2n) is 4.75. The van der Waals surface area contributed by atoms with E-state index in [1.807, 2.05) is 0 Å². The molecular weight excluding hydrogens is 206 g/mol. The van der Waals surface area contributed by atoms with Gasteiger partial charge in [0.15, 0.2) is 0 Å². The number of nitrogens with two attached hydrogens (primary N) is 2. The summed E-state index contributed by atoms with van der Waals surface area (Å²) in [6.07, 6.45) is 4.26. The summed E-state index contributed by atoms with van der Waals surface area (Å²) < 4.78 is 0. The topological polar surface area (TPSA) is 98.2 Å². The molecule has 0 spiro atoms. The number of primary amides is 1. The normalized spacial score (nSPS) is 27.1. The maximum absolute atomic E-state index is 11.6. The second kappa shape index (κ2) is 5.84. The van der Waals surface area contributed by atoms with Gasteiger partial charge in [0.05, 0.1) is 12.5 Å². The first kappa shape index (κ1) is 13.0. The smallest absolute Gasteiger partial charge is 0.237 e. The Balaban J connectivity index is 2.35. The third kappa shape index (κ3) is 4.18. The van der Waals surface area contributed by atoms with Crippen molar-refractivity contribution in [2.24, 2.45) is 17.4 Å². The summed E-state index contributed by atoms with van der Waals surface area (Å²) in [7, 11) is 0. The van der Waals surface area contributed by atoms with Crippen LogP contribution in [0.4, 0.5) is 0 Å². The van der Waals surface area contributed by atoms with E-state index in [0.717, 1.165) is 19.3 Å². The summed E-state index contributed by atoms with van der Waals surface area (Å²) >= 11 is 0. The minimum absolute atomic E-state index is 0.0892. The first-order valence-corrected chi connectivity index (χ1v) is 5.83. The Kier molecular flexibility index (Phi) is 4.73. The Hall–Kier alpha value is -1.10. The molecule has 92 valence electrons. The molecule has 1 aliphatic rings. The summed E-state index contributed by atoms with van der Waals surface area (Å²) in [5, 5.41) is 2.88. The molecule has 0 aromatic rings. The lowest BCUT2D eigenvalue weighted by atomic mass is 9.87. The summed E-state index contributed by atoms with van der Waals surface area (Å²) in [5.74, 6) is -0.163. The summed E-state index contributed by atoms with van der Waals surface area (Å²) in [4.78, 5) is 22.2. The van der Waals surface area contributed by atoms with E-state index in [2.05, 4.69) is 12.2 Å². The Morgan fingerprint density at radius 2 is 2.12 bits per heavy atom. The highest BCUT2D eigenvalue weighted by molar-refractivity contribution is 5.87. The number of carbonyl (C=O) groups excluding carboxylic acids is 2. The van der Waals surface area contributed by atoms with Gasteiger partial charge >= 0.3 is 0 Å². The lowest BCUT2D eigenvalue weighted by Crippen LogP contribution is -2.48. The molecule has 3 atom stereocenters. The van der Waals surface area contributed by atoms with Crippen LogP contribution >= 0.6 is 0 Å². The molecule has 5 N–H and O–H groups in total. The van der Waals surface area contributed by atoms with Crippen molar-refractivity contribution in [3.63, 3.8) is 0 Å². The van der Waals surface area contributed by atoms with Crippen LogP contribution in [0.1, 0.15) is 39.0 Å². The molecule has 5 nitrogen and oxygen atoms in total. The number of carbonyl (C=O) groups is 2. The van der Waals surface area contributed by atoms with E-state index in [1.54, 1.807) is 0 Å². The molecule has 0 radical (unpaired) electrons. The Morgan fingerprint density at radius 1 is 1.44 bits per heavy atom. The minimum atomic E-state index is -0.810. The average Bonchev–Trinajstić information content (AvgIpc) is 2.16. The quantitative estimate of drug-likeness (QED) is 0.624. The van der Waals surface area contributed by atoms with Crippen molar-refractivity contribution in [2.45, 2.75) is 51.1 Å². The van der Waals surface area contributed by atoms with Gasteiger partial charge in [-0.15, -0.1) is 0 Å². The van der Waals surface area contributed by atoms with Gasteiger partial charge in [0, 0.05) is 6.04 Å². The van der Waals surface area contributed by atoms with Gasteiger partial charge in [0.2, 0.25) is 11.8 Å². The van der Waals surface area contributed by atoms with Crippen LogP contribution in [0.25, 0.3) is 0 Å². The van der Waals surface area contributed by atoms with Gasteiger partial charge in [-0.25, -0.2) is 0 Å². The van der Waals surface area contributed by atoms with Crippen molar-refractivity contribution in [1.82, 2.24) is 5.32 Å². The van der Waals surface area contributed by atoms with Gasteiger partial charge in [0.1, 0.15) is 0 Å².